The van der Waals surface area contributed by atoms with Crippen molar-refractivity contribution in [1.82, 2.24) is 14.5 Å². The Kier molecular flexibility index (Phi) is 6.17. The molecule has 0 bridgehead atoms. The fraction of sp³-hybridized carbons (Fsp3) is 0.208. The molecule has 8 heteroatoms. The molecule has 2 aromatic heterocycles. The van der Waals surface area contributed by atoms with E-state index in [1.807, 2.05) is 24.3 Å². The quantitative estimate of drug-likeness (QED) is 0.225. The van der Waals surface area contributed by atoms with Gasteiger partial charge in [-0.25, -0.2) is 9.97 Å². The van der Waals surface area contributed by atoms with Gasteiger partial charge in [0.05, 0.1) is 11.1 Å². The van der Waals surface area contributed by atoms with Gasteiger partial charge in [0.1, 0.15) is 0 Å². The Labute approximate surface area is 204 Å². The SMILES string of the molecule is O=c1c2cc3c(nc2nc(SCc2c(Cl)cccc2Cl)n1-c1cccc(Cl)c1)CCCC3. The highest BCUT2D eigenvalue weighted by atomic mass is 35.5. The molecule has 0 saturated carbocycles. The lowest BCUT2D eigenvalue weighted by Gasteiger charge is -2.17. The summed E-state index contributed by atoms with van der Waals surface area (Å²) in [7, 11) is 0. The average Bonchev–Trinajstić information content (AvgIpc) is 2.78. The van der Waals surface area contributed by atoms with Crippen LogP contribution in [0.1, 0.15) is 29.7 Å². The van der Waals surface area contributed by atoms with Gasteiger partial charge in [-0.15, -0.1) is 0 Å². The largest absolute Gasteiger partial charge is 0.268 e. The molecule has 0 atom stereocenters. The van der Waals surface area contributed by atoms with Crippen LogP contribution in [0.4, 0.5) is 0 Å². The molecule has 5 rings (SSSR count). The van der Waals surface area contributed by atoms with Crippen molar-refractivity contribution in [2.75, 3.05) is 0 Å². The van der Waals surface area contributed by atoms with Gasteiger partial charge in [-0.05, 0) is 73.2 Å². The molecule has 4 nitrogen and oxygen atoms in total. The van der Waals surface area contributed by atoms with E-state index in [4.69, 9.17) is 44.8 Å². The van der Waals surface area contributed by atoms with E-state index < -0.39 is 0 Å². The molecule has 0 amide bonds. The normalized spacial score (nSPS) is 13.3. The minimum Gasteiger partial charge on any atom is -0.268 e. The molecule has 0 spiro atoms. The molecular formula is C24H18Cl3N3OS. The zero-order chi connectivity index (χ0) is 22.2. The van der Waals surface area contributed by atoms with E-state index in [1.165, 1.54) is 11.8 Å². The van der Waals surface area contributed by atoms with Crippen LogP contribution in [0.3, 0.4) is 0 Å². The Hall–Kier alpha value is -2.05. The van der Waals surface area contributed by atoms with Crippen LogP contribution in [-0.4, -0.2) is 14.5 Å². The zero-order valence-electron chi connectivity index (χ0n) is 16.9. The van der Waals surface area contributed by atoms with E-state index in [9.17, 15) is 4.79 Å². The first kappa shape index (κ1) is 21.8. The van der Waals surface area contributed by atoms with E-state index in [0.29, 0.717) is 42.7 Å². The standard InChI is InChI=1S/C24H18Cl3N3OS/c25-15-6-3-7-16(12-15)30-23(31)17-11-14-5-1-2-10-21(14)28-22(17)29-24(30)32-13-18-19(26)8-4-9-20(18)27/h3-4,6-9,11-12H,1-2,5,10,13H2. The number of hydrogen-bond acceptors (Lipinski definition) is 4. The number of thioether (sulfide) groups is 1. The summed E-state index contributed by atoms with van der Waals surface area (Å²) in [5, 5.41) is 2.74. The second-order valence-electron chi connectivity index (χ2n) is 7.68. The van der Waals surface area contributed by atoms with E-state index >= 15 is 0 Å². The maximum absolute atomic E-state index is 13.7. The van der Waals surface area contributed by atoms with Crippen molar-refractivity contribution in [2.24, 2.45) is 0 Å². The van der Waals surface area contributed by atoms with E-state index in [-0.39, 0.29) is 5.56 Å². The fourth-order valence-electron chi connectivity index (χ4n) is 3.96. The zero-order valence-corrected chi connectivity index (χ0v) is 20.0. The molecule has 0 unspecified atom stereocenters. The number of hydrogen-bond donors (Lipinski definition) is 0. The van der Waals surface area contributed by atoms with Gasteiger partial charge in [0.2, 0.25) is 0 Å². The molecule has 0 saturated heterocycles. The maximum atomic E-state index is 13.7. The molecule has 32 heavy (non-hydrogen) atoms. The first-order chi connectivity index (χ1) is 15.5. The van der Waals surface area contributed by atoms with E-state index in [0.717, 1.165) is 42.5 Å². The third kappa shape index (κ3) is 4.15. The summed E-state index contributed by atoms with van der Waals surface area (Å²) < 4.78 is 1.60. The molecule has 1 aliphatic rings. The Bertz CT molecular complexity index is 1380. The summed E-state index contributed by atoms with van der Waals surface area (Å²) in [6.07, 6.45) is 4.08. The van der Waals surface area contributed by atoms with Gasteiger partial charge in [-0.2, -0.15) is 0 Å². The van der Waals surface area contributed by atoms with Gasteiger partial charge in [-0.1, -0.05) is 58.7 Å². The topological polar surface area (TPSA) is 47.8 Å². The van der Waals surface area contributed by atoms with Crippen LogP contribution in [0.15, 0.2) is 58.5 Å². The number of aromatic nitrogens is 3. The molecule has 4 aromatic rings. The second kappa shape index (κ2) is 9.06. The highest BCUT2D eigenvalue weighted by Crippen LogP contribution is 2.32. The lowest BCUT2D eigenvalue weighted by molar-refractivity contribution is 0.669. The average molecular weight is 503 g/mol. The van der Waals surface area contributed by atoms with Gasteiger partial charge in [0, 0.05) is 26.5 Å². The molecule has 0 aliphatic heterocycles. The molecule has 2 heterocycles. The Morgan fingerprint density at radius 2 is 1.69 bits per heavy atom. The predicted molar refractivity (Wildman–Crippen MR) is 133 cm³/mol. The van der Waals surface area contributed by atoms with Crippen molar-refractivity contribution in [1.29, 1.82) is 0 Å². The van der Waals surface area contributed by atoms with Gasteiger partial charge in [0.25, 0.3) is 5.56 Å². The minimum absolute atomic E-state index is 0.161. The van der Waals surface area contributed by atoms with Gasteiger partial charge >= 0.3 is 0 Å². The Morgan fingerprint density at radius 1 is 0.938 bits per heavy atom. The van der Waals surface area contributed by atoms with E-state index in [1.54, 1.807) is 28.8 Å². The summed E-state index contributed by atoms with van der Waals surface area (Å²) in [5.74, 6) is 0.460. The third-order valence-electron chi connectivity index (χ3n) is 5.58. The maximum Gasteiger partial charge on any atom is 0.268 e. The Balaban J connectivity index is 1.68. The van der Waals surface area contributed by atoms with Crippen molar-refractivity contribution >= 4 is 57.6 Å². The van der Waals surface area contributed by atoms with Crippen molar-refractivity contribution in [3.63, 3.8) is 0 Å². The van der Waals surface area contributed by atoms with Crippen LogP contribution >= 0.6 is 46.6 Å². The van der Waals surface area contributed by atoms with E-state index in [2.05, 4.69) is 0 Å². The van der Waals surface area contributed by atoms with Crippen molar-refractivity contribution < 1.29 is 0 Å². The highest BCUT2D eigenvalue weighted by molar-refractivity contribution is 7.98. The number of aryl methyl sites for hydroxylation is 2. The van der Waals surface area contributed by atoms with Crippen LogP contribution in [0.25, 0.3) is 16.7 Å². The smallest absolute Gasteiger partial charge is 0.268 e. The minimum atomic E-state index is -0.161. The number of nitrogens with zero attached hydrogens (tertiary/aromatic N) is 3. The molecule has 2 aromatic carbocycles. The first-order valence-electron chi connectivity index (χ1n) is 10.3. The van der Waals surface area contributed by atoms with Gasteiger partial charge in [-0.3, -0.25) is 9.36 Å². The van der Waals surface area contributed by atoms with Gasteiger partial charge in [0.15, 0.2) is 10.8 Å². The molecule has 162 valence electrons. The summed E-state index contributed by atoms with van der Waals surface area (Å²) in [6.45, 7) is 0. The van der Waals surface area contributed by atoms with Crippen molar-refractivity contribution in [3.05, 3.63) is 90.8 Å². The molecule has 1 aliphatic carbocycles. The summed E-state index contributed by atoms with van der Waals surface area (Å²) in [5.41, 5.74) is 3.95. The van der Waals surface area contributed by atoms with Crippen LogP contribution in [0.2, 0.25) is 15.1 Å². The molecule has 0 fully saturated rings. The number of pyridine rings is 1. The van der Waals surface area contributed by atoms with Crippen molar-refractivity contribution in [2.45, 2.75) is 36.6 Å². The summed E-state index contributed by atoms with van der Waals surface area (Å²) >= 11 is 20.4. The van der Waals surface area contributed by atoms with Crippen LogP contribution < -0.4 is 5.56 Å². The number of rotatable bonds is 4. The molecule has 0 N–H and O–H groups in total. The fourth-order valence-corrected chi connectivity index (χ4v) is 5.89. The summed E-state index contributed by atoms with van der Waals surface area (Å²) in [6, 6.07) is 14.6. The lowest BCUT2D eigenvalue weighted by Crippen LogP contribution is -2.23. The highest BCUT2D eigenvalue weighted by Gasteiger charge is 2.19. The third-order valence-corrected chi connectivity index (χ3v) is 7.49. The second-order valence-corrected chi connectivity index (χ2v) is 9.87. The lowest BCUT2D eigenvalue weighted by atomic mass is 9.95. The van der Waals surface area contributed by atoms with Crippen LogP contribution in [0.5, 0.6) is 0 Å². The number of benzene rings is 2. The van der Waals surface area contributed by atoms with Crippen LogP contribution in [-0.2, 0) is 18.6 Å². The van der Waals surface area contributed by atoms with Crippen LogP contribution in [0, 0.1) is 0 Å². The summed E-state index contributed by atoms with van der Waals surface area (Å²) in [4.78, 5) is 23.2. The molecule has 0 radical (unpaired) electrons. The van der Waals surface area contributed by atoms with Gasteiger partial charge < -0.3 is 0 Å². The predicted octanol–water partition coefficient (Wildman–Crippen LogP) is 6.91. The first-order valence-corrected chi connectivity index (χ1v) is 12.4. The van der Waals surface area contributed by atoms with Crippen molar-refractivity contribution in [3.8, 4) is 5.69 Å². The number of fused-ring (bicyclic) bond motifs is 2. The Morgan fingerprint density at radius 3 is 2.47 bits per heavy atom. The number of halogens is 3. The monoisotopic (exact) mass is 501 g/mol. The molecular weight excluding hydrogens is 485 g/mol.